The van der Waals surface area contributed by atoms with Gasteiger partial charge in [-0.25, -0.2) is 12.8 Å². The van der Waals surface area contributed by atoms with Crippen molar-refractivity contribution >= 4 is 21.6 Å². The number of methoxy groups -OCH3 is 2. The first kappa shape index (κ1) is 24.1. The molecule has 33 heavy (non-hydrogen) atoms. The van der Waals surface area contributed by atoms with Crippen molar-refractivity contribution < 1.29 is 27.1 Å². The van der Waals surface area contributed by atoms with Crippen molar-refractivity contribution in [2.45, 2.75) is 18.2 Å². The summed E-state index contributed by atoms with van der Waals surface area (Å²) >= 11 is 0. The third-order valence-corrected chi connectivity index (χ3v) is 6.39. The van der Waals surface area contributed by atoms with Crippen LogP contribution in [0.25, 0.3) is 0 Å². The topological polar surface area (TPSA) is 93.7 Å². The number of ether oxygens (including phenoxy) is 2. The van der Waals surface area contributed by atoms with Gasteiger partial charge >= 0.3 is 0 Å². The van der Waals surface area contributed by atoms with Gasteiger partial charge < -0.3 is 14.8 Å². The van der Waals surface area contributed by atoms with Gasteiger partial charge in [-0.05, 0) is 73.0 Å². The molecule has 0 aliphatic rings. The van der Waals surface area contributed by atoms with Crippen LogP contribution < -0.4 is 19.5 Å². The highest BCUT2D eigenvalue weighted by Gasteiger charge is 2.18. The third-order valence-electron chi connectivity index (χ3n) is 5.01. The van der Waals surface area contributed by atoms with Gasteiger partial charge in [0.1, 0.15) is 5.82 Å². The summed E-state index contributed by atoms with van der Waals surface area (Å²) in [5, 5.41) is 2.82. The summed E-state index contributed by atoms with van der Waals surface area (Å²) in [6.45, 7) is 2.08. The molecule has 0 fully saturated rings. The Kier molecular flexibility index (Phi) is 7.55. The Morgan fingerprint density at radius 3 is 2.30 bits per heavy atom. The van der Waals surface area contributed by atoms with E-state index >= 15 is 0 Å². The van der Waals surface area contributed by atoms with Crippen LogP contribution in [0.1, 0.15) is 21.5 Å². The minimum Gasteiger partial charge on any atom is -0.493 e. The lowest BCUT2D eigenvalue weighted by molar-refractivity contribution is 0.0953. The Hall–Kier alpha value is -3.59. The zero-order valence-electron chi connectivity index (χ0n) is 18.5. The highest BCUT2D eigenvalue weighted by Crippen LogP contribution is 2.27. The Morgan fingerprint density at radius 1 is 0.939 bits per heavy atom. The first-order valence-corrected chi connectivity index (χ1v) is 11.6. The van der Waals surface area contributed by atoms with E-state index in [9.17, 15) is 17.6 Å². The number of benzene rings is 3. The van der Waals surface area contributed by atoms with E-state index in [0.717, 1.165) is 17.7 Å². The largest absolute Gasteiger partial charge is 0.493 e. The van der Waals surface area contributed by atoms with Crippen molar-refractivity contribution in [2.24, 2.45) is 0 Å². The molecule has 2 N–H and O–H groups in total. The fraction of sp³-hybridized carbons (Fsp3) is 0.208. The molecule has 3 aromatic rings. The number of carbonyl (C=O) groups is 1. The van der Waals surface area contributed by atoms with Gasteiger partial charge in [0.05, 0.1) is 19.1 Å². The van der Waals surface area contributed by atoms with E-state index in [2.05, 4.69) is 10.0 Å². The van der Waals surface area contributed by atoms with Crippen LogP contribution >= 0.6 is 0 Å². The summed E-state index contributed by atoms with van der Waals surface area (Å²) in [5.74, 6) is 0.365. The molecule has 174 valence electrons. The number of carbonyl (C=O) groups excluding carboxylic acids is 1. The van der Waals surface area contributed by atoms with Crippen LogP contribution in [0.5, 0.6) is 11.5 Å². The molecule has 9 heteroatoms. The molecule has 0 bridgehead atoms. The normalized spacial score (nSPS) is 11.0. The summed E-state index contributed by atoms with van der Waals surface area (Å²) in [6.07, 6.45) is 0.551. The fourth-order valence-corrected chi connectivity index (χ4v) is 4.28. The maximum absolute atomic E-state index is 13.1. The molecule has 0 atom stereocenters. The summed E-state index contributed by atoms with van der Waals surface area (Å²) < 4.78 is 51.4. The maximum atomic E-state index is 13.1. The first-order valence-electron chi connectivity index (χ1n) is 10.1. The van der Waals surface area contributed by atoms with Crippen molar-refractivity contribution in [3.05, 3.63) is 83.2 Å². The number of anilines is 1. The Morgan fingerprint density at radius 2 is 1.64 bits per heavy atom. The number of amides is 1. The minimum absolute atomic E-state index is 0.0672. The molecule has 0 unspecified atom stereocenters. The quantitative estimate of drug-likeness (QED) is 0.492. The Balaban J connectivity index is 1.69. The van der Waals surface area contributed by atoms with Gasteiger partial charge in [-0.15, -0.1) is 0 Å². The molecule has 1 amide bonds. The molecule has 0 saturated carbocycles. The molecule has 0 saturated heterocycles. The molecular formula is C24H25FN2O5S. The average Bonchev–Trinajstić information content (AvgIpc) is 2.80. The number of hydrogen-bond acceptors (Lipinski definition) is 5. The number of hydrogen-bond donors (Lipinski definition) is 2. The molecule has 0 aliphatic heterocycles. The van der Waals surface area contributed by atoms with Crippen LogP contribution in [0.3, 0.4) is 0 Å². The summed E-state index contributed by atoms with van der Waals surface area (Å²) in [5.41, 5.74) is 2.06. The average molecular weight is 473 g/mol. The second-order valence-electron chi connectivity index (χ2n) is 7.28. The lowest BCUT2D eigenvalue weighted by Gasteiger charge is -2.12. The number of nitrogens with one attached hydrogen (secondary N) is 2. The summed E-state index contributed by atoms with van der Waals surface area (Å²) in [6, 6.07) is 14.8. The number of halogens is 1. The van der Waals surface area contributed by atoms with E-state index < -0.39 is 15.8 Å². The molecule has 0 heterocycles. The second kappa shape index (κ2) is 10.4. The molecule has 0 radical (unpaired) electrons. The maximum Gasteiger partial charge on any atom is 0.261 e. The van der Waals surface area contributed by atoms with Gasteiger partial charge in [-0.3, -0.25) is 9.52 Å². The van der Waals surface area contributed by atoms with Crippen LogP contribution in [0.2, 0.25) is 0 Å². The van der Waals surface area contributed by atoms with Gasteiger partial charge in [0, 0.05) is 17.8 Å². The predicted molar refractivity (Wildman–Crippen MR) is 124 cm³/mol. The van der Waals surface area contributed by atoms with Crippen LogP contribution in [-0.4, -0.2) is 35.1 Å². The lowest BCUT2D eigenvalue weighted by atomic mass is 10.1. The van der Waals surface area contributed by atoms with Crippen LogP contribution in [0.4, 0.5) is 10.1 Å². The van der Waals surface area contributed by atoms with Gasteiger partial charge in [-0.1, -0.05) is 12.1 Å². The number of sulfonamides is 1. The molecular weight excluding hydrogens is 447 g/mol. The molecule has 0 spiro atoms. The molecule has 0 aliphatic carbocycles. The van der Waals surface area contributed by atoms with Crippen LogP contribution in [0, 0.1) is 12.7 Å². The van der Waals surface area contributed by atoms with Crippen molar-refractivity contribution in [1.82, 2.24) is 5.32 Å². The van der Waals surface area contributed by atoms with Crippen LogP contribution in [0.15, 0.2) is 65.6 Å². The Bertz CT molecular complexity index is 1240. The molecule has 7 nitrogen and oxygen atoms in total. The van der Waals surface area contributed by atoms with E-state index in [0.29, 0.717) is 30.0 Å². The van der Waals surface area contributed by atoms with E-state index in [-0.39, 0.29) is 22.1 Å². The van der Waals surface area contributed by atoms with Gasteiger partial charge in [0.15, 0.2) is 11.5 Å². The van der Waals surface area contributed by atoms with Crippen molar-refractivity contribution in [3.63, 3.8) is 0 Å². The van der Waals surface area contributed by atoms with Gasteiger partial charge in [-0.2, -0.15) is 0 Å². The fourth-order valence-electron chi connectivity index (χ4n) is 3.20. The van der Waals surface area contributed by atoms with Crippen molar-refractivity contribution in [3.8, 4) is 11.5 Å². The second-order valence-corrected chi connectivity index (χ2v) is 8.97. The lowest BCUT2D eigenvalue weighted by Crippen LogP contribution is -2.27. The zero-order chi connectivity index (χ0) is 24.0. The third kappa shape index (κ3) is 6.01. The smallest absolute Gasteiger partial charge is 0.261 e. The Labute approximate surface area is 192 Å². The highest BCUT2D eigenvalue weighted by molar-refractivity contribution is 7.92. The number of aryl methyl sites for hydroxylation is 1. The van der Waals surface area contributed by atoms with Gasteiger partial charge in [0.25, 0.3) is 15.9 Å². The molecule has 0 aromatic heterocycles. The van der Waals surface area contributed by atoms with E-state index in [1.54, 1.807) is 33.3 Å². The molecule has 3 aromatic carbocycles. The number of rotatable bonds is 9. The summed E-state index contributed by atoms with van der Waals surface area (Å²) in [7, 11) is -0.842. The first-order chi connectivity index (χ1) is 15.7. The summed E-state index contributed by atoms with van der Waals surface area (Å²) in [4.78, 5) is 12.7. The van der Waals surface area contributed by atoms with Gasteiger partial charge in [0.2, 0.25) is 0 Å². The van der Waals surface area contributed by atoms with E-state index in [4.69, 9.17) is 9.47 Å². The molecule has 3 rings (SSSR count). The van der Waals surface area contributed by atoms with E-state index in [1.165, 1.54) is 24.3 Å². The minimum atomic E-state index is -3.95. The van der Waals surface area contributed by atoms with Crippen molar-refractivity contribution in [2.75, 3.05) is 25.5 Å². The zero-order valence-corrected chi connectivity index (χ0v) is 19.3. The van der Waals surface area contributed by atoms with Crippen LogP contribution in [-0.2, 0) is 16.4 Å². The van der Waals surface area contributed by atoms with Crippen molar-refractivity contribution in [1.29, 1.82) is 0 Å². The highest BCUT2D eigenvalue weighted by atomic mass is 32.2. The standard InChI is InChI=1S/C24H25FN2O5S/c1-16-4-10-20(33(29,30)27-19-8-6-18(25)7-9-19)15-21(16)24(28)26-13-12-17-5-11-22(31-2)23(14-17)32-3/h4-11,14-15,27H,12-13H2,1-3H3,(H,26,28). The monoisotopic (exact) mass is 472 g/mol. The van der Waals surface area contributed by atoms with E-state index in [1.807, 2.05) is 12.1 Å². The SMILES string of the molecule is COc1ccc(CCNC(=O)c2cc(S(=O)(=O)Nc3ccc(F)cc3)ccc2C)cc1OC. The predicted octanol–water partition coefficient (Wildman–Crippen LogP) is 3.92.